The van der Waals surface area contributed by atoms with Crippen molar-refractivity contribution in [2.45, 2.75) is 19.8 Å². The van der Waals surface area contributed by atoms with E-state index in [4.69, 9.17) is 4.74 Å². The number of nitrogens with zero attached hydrogens (tertiary/aromatic N) is 1. The van der Waals surface area contributed by atoms with Crippen molar-refractivity contribution in [3.05, 3.63) is 35.4 Å². The van der Waals surface area contributed by atoms with Crippen molar-refractivity contribution in [2.75, 3.05) is 32.0 Å². The van der Waals surface area contributed by atoms with Crippen molar-refractivity contribution in [1.82, 2.24) is 10.2 Å². The van der Waals surface area contributed by atoms with Gasteiger partial charge in [-0.05, 0) is 18.4 Å². The normalized spacial score (nSPS) is 13.6. The predicted molar refractivity (Wildman–Crippen MR) is 98.2 cm³/mol. The molecule has 26 heavy (non-hydrogen) atoms. The SMILES string of the molecule is CC(=O)NCCCc1ccc(C(=O)COC(=O)CN2CCSC2=O)cc1. The van der Waals surface area contributed by atoms with Crippen LogP contribution in [0.15, 0.2) is 24.3 Å². The third-order valence-electron chi connectivity index (χ3n) is 3.82. The smallest absolute Gasteiger partial charge is 0.326 e. The molecule has 1 N–H and O–H groups in total. The first-order valence-corrected chi connectivity index (χ1v) is 9.38. The molecule has 0 aliphatic carbocycles. The molecule has 1 aromatic carbocycles. The van der Waals surface area contributed by atoms with Gasteiger partial charge in [0.15, 0.2) is 12.4 Å². The molecule has 0 spiro atoms. The standard InChI is InChI=1S/C18H22N2O5S/c1-13(21)19-8-2-3-14-4-6-15(7-5-14)16(22)12-25-17(23)11-20-9-10-26-18(20)24/h4-7H,2-3,8-12H2,1H3,(H,19,21). The Bertz CT molecular complexity index is 675. The van der Waals surface area contributed by atoms with E-state index < -0.39 is 5.97 Å². The number of carbonyl (C=O) groups excluding carboxylic acids is 4. The molecule has 0 atom stereocenters. The highest BCUT2D eigenvalue weighted by Gasteiger charge is 2.24. The van der Waals surface area contributed by atoms with Gasteiger partial charge in [-0.2, -0.15) is 0 Å². The number of ether oxygens (including phenoxy) is 1. The summed E-state index contributed by atoms with van der Waals surface area (Å²) in [7, 11) is 0. The van der Waals surface area contributed by atoms with Crippen LogP contribution < -0.4 is 5.32 Å². The maximum absolute atomic E-state index is 12.1. The average Bonchev–Trinajstić information content (AvgIpc) is 3.01. The third-order valence-corrected chi connectivity index (χ3v) is 4.71. The lowest BCUT2D eigenvalue weighted by atomic mass is 10.1. The van der Waals surface area contributed by atoms with Crippen LogP contribution in [-0.2, 0) is 20.7 Å². The van der Waals surface area contributed by atoms with E-state index in [0.29, 0.717) is 24.4 Å². The zero-order valence-electron chi connectivity index (χ0n) is 14.7. The molecule has 0 bridgehead atoms. The fourth-order valence-electron chi connectivity index (χ4n) is 2.41. The second-order valence-corrected chi connectivity index (χ2v) is 6.95. The summed E-state index contributed by atoms with van der Waals surface area (Å²) < 4.78 is 4.97. The minimum Gasteiger partial charge on any atom is -0.456 e. The number of thioether (sulfide) groups is 1. The van der Waals surface area contributed by atoms with Crippen molar-refractivity contribution in [2.24, 2.45) is 0 Å². The number of ketones is 1. The van der Waals surface area contributed by atoms with Gasteiger partial charge in [-0.3, -0.25) is 19.2 Å². The monoisotopic (exact) mass is 378 g/mol. The molecule has 2 amide bonds. The van der Waals surface area contributed by atoms with Crippen LogP contribution in [0.25, 0.3) is 0 Å². The topological polar surface area (TPSA) is 92.8 Å². The fourth-order valence-corrected chi connectivity index (χ4v) is 3.24. The van der Waals surface area contributed by atoms with Crippen molar-refractivity contribution in [1.29, 1.82) is 0 Å². The Labute approximate surface area is 156 Å². The minimum absolute atomic E-state index is 0.0478. The Morgan fingerprint density at radius 3 is 2.58 bits per heavy atom. The number of aryl methyl sites for hydroxylation is 1. The number of benzene rings is 1. The molecule has 140 valence electrons. The van der Waals surface area contributed by atoms with E-state index in [1.54, 1.807) is 12.1 Å². The molecule has 1 heterocycles. The summed E-state index contributed by atoms with van der Waals surface area (Å²) in [4.78, 5) is 47.4. The van der Waals surface area contributed by atoms with E-state index in [1.807, 2.05) is 12.1 Å². The van der Waals surface area contributed by atoms with Gasteiger partial charge in [-0.25, -0.2) is 0 Å². The van der Waals surface area contributed by atoms with E-state index in [1.165, 1.54) is 23.6 Å². The molecular formula is C18H22N2O5S. The van der Waals surface area contributed by atoms with Gasteiger partial charge >= 0.3 is 5.97 Å². The lowest BCUT2D eigenvalue weighted by Crippen LogP contribution is -2.31. The van der Waals surface area contributed by atoms with E-state index in [-0.39, 0.29) is 30.1 Å². The summed E-state index contributed by atoms with van der Waals surface area (Å²) in [6.07, 6.45) is 1.61. The molecule has 8 heteroatoms. The van der Waals surface area contributed by atoms with Crippen LogP contribution >= 0.6 is 11.8 Å². The Morgan fingerprint density at radius 1 is 1.23 bits per heavy atom. The summed E-state index contributed by atoms with van der Waals surface area (Å²) in [6, 6.07) is 7.10. The molecule has 1 aliphatic heterocycles. The fraction of sp³-hybridized carbons (Fsp3) is 0.444. The maximum Gasteiger partial charge on any atom is 0.326 e. The number of hydrogen-bond acceptors (Lipinski definition) is 6. The van der Waals surface area contributed by atoms with Crippen LogP contribution in [0, 0.1) is 0 Å². The molecule has 0 unspecified atom stereocenters. The molecule has 1 fully saturated rings. The minimum atomic E-state index is -0.580. The quantitative estimate of drug-likeness (QED) is 0.399. The van der Waals surface area contributed by atoms with Crippen LogP contribution in [0.3, 0.4) is 0 Å². The maximum atomic E-state index is 12.1. The second kappa shape index (κ2) is 9.96. The molecule has 7 nitrogen and oxygen atoms in total. The van der Waals surface area contributed by atoms with Gasteiger partial charge in [-0.1, -0.05) is 36.0 Å². The molecule has 1 aliphatic rings. The van der Waals surface area contributed by atoms with Gasteiger partial charge in [-0.15, -0.1) is 0 Å². The molecule has 0 saturated carbocycles. The van der Waals surface area contributed by atoms with E-state index in [0.717, 1.165) is 18.4 Å². The van der Waals surface area contributed by atoms with Crippen LogP contribution in [0.1, 0.15) is 29.3 Å². The van der Waals surface area contributed by atoms with Crippen molar-refractivity contribution >= 4 is 34.7 Å². The van der Waals surface area contributed by atoms with Crippen LogP contribution in [0.2, 0.25) is 0 Å². The largest absolute Gasteiger partial charge is 0.456 e. The zero-order chi connectivity index (χ0) is 18.9. The van der Waals surface area contributed by atoms with Gasteiger partial charge in [0.05, 0.1) is 0 Å². The first-order chi connectivity index (χ1) is 12.5. The first-order valence-electron chi connectivity index (χ1n) is 8.39. The lowest BCUT2D eigenvalue weighted by molar-refractivity contribution is -0.142. The first kappa shape index (κ1) is 20.0. The number of nitrogens with one attached hydrogen (secondary N) is 1. The molecule has 1 aromatic rings. The molecule has 2 rings (SSSR count). The Kier molecular flexibility index (Phi) is 7.65. The van der Waals surface area contributed by atoms with Crippen LogP contribution in [0.4, 0.5) is 4.79 Å². The lowest BCUT2D eigenvalue weighted by Gasteiger charge is -2.13. The van der Waals surface area contributed by atoms with Crippen molar-refractivity contribution in [3.63, 3.8) is 0 Å². The molecule has 0 aromatic heterocycles. The molecular weight excluding hydrogens is 356 g/mol. The number of amides is 2. The van der Waals surface area contributed by atoms with E-state index in [9.17, 15) is 19.2 Å². The summed E-state index contributed by atoms with van der Waals surface area (Å²) >= 11 is 1.17. The number of esters is 1. The summed E-state index contributed by atoms with van der Waals surface area (Å²) in [5, 5.41) is 2.60. The van der Waals surface area contributed by atoms with Crippen LogP contribution in [-0.4, -0.2) is 59.8 Å². The van der Waals surface area contributed by atoms with Gasteiger partial charge in [0.2, 0.25) is 5.91 Å². The predicted octanol–water partition coefficient (Wildman–Crippen LogP) is 1.65. The second-order valence-electron chi connectivity index (χ2n) is 5.90. The summed E-state index contributed by atoms with van der Waals surface area (Å²) in [5.74, 6) is -0.246. The molecule has 0 radical (unpaired) electrons. The Balaban J connectivity index is 1.72. The van der Waals surface area contributed by atoms with E-state index in [2.05, 4.69) is 5.32 Å². The van der Waals surface area contributed by atoms with Gasteiger partial charge in [0.1, 0.15) is 6.54 Å². The van der Waals surface area contributed by atoms with Crippen molar-refractivity contribution in [3.8, 4) is 0 Å². The zero-order valence-corrected chi connectivity index (χ0v) is 15.5. The molecule has 1 saturated heterocycles. The Hall–Kier alpha value is -2.35. The summed E-state index contributed by atoms with van der Waals surface area (Å²) in [6.45, 7) is 2.16. The van der Waals surface area contributed by atoms with E-state index >= 15 is 0 Å². The number of Topliss-reactive ketones (excluding diaryl/α,β-unsaturated/α-hetero) is 1. The van der Waals surface area contributed by atoms with Gasteiger partial charge in [0, 0.05) is 31.3 Å². The highest BCUT2D eigenvalue weighted by atomic mass is 32.2. The number of carbonyl (C=O) groups is 4. The number of hydrogen-bond donors (Lipinski definition) is 1. The average molecular weight is 378 g/mol. The Morgan fingerprint density at radius 2 is 1.96 bits per heavy atom. The number of rotatable bonds is 9. The third kappa shape index (κ3) is 6.51. The highest BCUT2D eigenvalue weighted by Crippen LogP contribution is 2.16. The highest BCUT2D eigenvalue weighted by molar-refractivity contribution is 8.13. The van der Waals surface area contributed by atoms with Crippen molar-refractivity contribution < 1.29 is 23.9 Å². The van der Waals surface area contributed by atoms with Gasteiger partial charge in [0.25, 0.3) is 5.24 Å². The van der Waals surface area contributed by atoms with Crippen LogP contribution in [0.5, 0.6) is 0 Å². The van der Waals surface area contributed by atoms with Gasteiger partial charge < -0.3 is 15.0 Å². The summed E-state index contributed by atoms with van der Waals surface area (Å²) in [5.41, 5.74) is 1.53.